The summed E-state index contributed by atoms with van der Waals surface area (Å²) >= 11 is 0. The van der Waals surface area contributed by atoms with Crippen molar-refractivity contribution in [3.8, 4) is 0 Å². The topological polar surface area (TPSA) is 0 Å². The van der Waals surface area contributed by atoms with E-state index in [1.807, 2.05) is 0 Å². The molecule has 62 valence electrons. The molecule has 2 heteroatoms. The number of hydrogen-bond acceptors (Lipinski definition) is 0. The molecular formula is C9H17BrMg. The Labute approximate surface area is 97.4 Å². The van der Waals surface area contributed by atoms with Crippen molar-refractivity contribution in [2.24, 2.45) is 11.3 Å². The van der Waals surface area contributed by atoms with Gasteiger partial charge in [-0.05, 0) is 0 Å². The van der Waals surface area contributed by atoms with E-state index in [-0.39, 0.29) is 40.0 Å². The number of rotatable bonds is 0. The van der Waals surface area contributed by atoms with Gasteiger partial charge in [-0.2, -0.15) is 12.3 Å². The first kappa shape index (κ1) is 14.8. The van der Waals surface area contributed by atoms with E-state index in [1.165, 1.54) is 19.3 Å². The Morgan fingerprint density at radius 1 is 1.27 bits per heavy atom. The summed E-state index contributed by atoms with van der Waals surface area (Å²) in [4.78, 5) is 0. The van der Waals surface area contributed by atoms with E-state index >= 15 is 0 Å². The third-order valence-corrected chi connectivity index (χ3v) is 2.28. The molecule has 11 heavy (non-hydrogen) atoms. The van der Waals surface area contributed by atoms with E-state index in [9.17, 15) is 0 Å². The van der Waals surface area contributed by atoms with Crippen LogP contribution in [-0.4, -0.2) is 23.1 Å². The van der Waals surface area contributed by atoms with E-state index in [0.717, 1.165) is 5.92 Å². The van der Waals surface area contributed by atoms with E-state index in [4.69, 9.17) is 0 Å². The molecule has 0 radical (unpaired) electrons. The van der Waals surface area contributed by atoms with Crippen molar-refractivity contribution in [1.29, 1.82) is 0 Å². The second-order valence-electron chi connectivity index (χ2n) is 4.14. The first-order chi connectivity index (χ1) is 4.11. The van der Waals surface area contributed by atoms with Crippen molar-refractivity contribution in [3.05, 3.63) is 6.42 Å². The van der Waals surface area contributed by atoms with Crippen LogP contribution in [0.15, 0.2) is 0 Å². The minimum Gasteiger partial charge on any atom is -1.00 e. The van der Waals surface area contributed by atoms with Gasteiger partial charge in [-0.15, -0.1) is 0 Å². The largest absolute Gasteiger partial charge is 2.00 e. The molecule has 0 aromatic rings. The van der Waals surface area contributed by atoms with Crippen LogP contribution in [0.4, 0.5) is 0 Å². The predicted octanol–water partition coefficient (Wildman–Crippen LogP) is -0.340. The molecule has 0 saturated heterocycles. The summed E-state index contributed by atoms with van der Waals surface area (Å²) in [6.45, 7) is 7.00. The molecular weight excluding hydrogens is 212 g/mol. The van der Waals surface area contributed by atoms with Gasteiger partial charge in [0.1, 0.15) is 0 Å². The maximum Gasteiger partial charge on any atom is 2.00 e. The molecule has 1 saturated carbocycles. The van der Waals surface area contributed by atoms with Gasteiger partial charge in [-0.25, -0.2) is 0 Å². The maximum absolute atomic E-state index is 2.49. The number of halogens is 1. The Morgan fingerprint density at radius 2 is 1.82 bits per heavy atom. The van der Waals surface area contributed by atoms with Gasteiger partial charge >= 0.3 is 23.1 Å². The Morgan fingerprint density at radius 3 is 2.00 bits per heavy atom. The van der Waals surface area contributed by atoms with Crippen molar-refractivity contribution in [2.75, 3.05) is 0 Å². The molecule has 1 unspecified atom stereocenters. The van der Waals surface area contributed by atoms with Crippen molar-refractivity contribution >= 4 is 23.1 Å². The molecule has 0 amide bonds. The molecule has 0 spiro atoms. The Bertz CT molecular complexity index is 90.2. The molecule has 1 rings (SSSR count). The minimum absolute atomic E-state index is 0. The summed E-state index contributed by atoms with van der Waals surface area (Å²) in [5.41, 5.74) is 0.524. The van der Waals surface area contributed by atoms with Gasteiger partial charge in [-0.1, -0.05) is 39.0 Å². The van der Waals surface area contributed by atoms with Gasteiger partial charge in [0.25, 0.3) is 0 Å². The van der Waals surface area contributed by atoms with E-state index in [0.29, 0.717) is 5.41 Å². The summed E-state index contributed by atoms with van der Waals surface area (Å²) in [7, 11) is 0. The van der Waals surface area contributed by atoms with E-state index < -0.39 is 0 Å². The predicted molar refractivity (Wildman–Crippen MR) is 46.9 cm³/mol. The third-order valence-electron chi connectivity index (χ3n) is 2.28. The van der Waals surface area contributed by atoms with Gasteiger partial charge in [-0.3, -0.25) is 0 Å². The maximum atomic E-state index is 2.49. The summed E-state index contributed by atoms with van der Waals surface area (Å²) in [5, 5.41) is 0. The Hall–Kier alpha value is 1.25. The molecule has 0 nitrogen and oxygen atoms in total. The van der Waals surface area contributed by atoms with E-state index in [2.05, 4.69) is 27.2 Å². The van der Waals surface area contributed by atoms with Crippen molar-refractivity contribution in [3.63, 3.8) is 0 Å². The first-order valence-corrected chi connectivity index (χ1v) is 3.94. The fourth-order valence-electron chi connectivity index (χ4n) is 1.56. The van der Waals surface area contributed by atoms with Crippen molar-refractivity contribution in [1.82, 2.24) is 0 Å². The Balaban J connectivity index is 0. The SMILES string of the molecule is CC(C)(C)C1[CH-]CCC1.[Br-].[Mg+2]. The van der Waals surface area contributed by atoms with Crippen LogP contribution >= 0.6 is 0 Å². The fraction of sp³-hybridized carbons (Fsp3) is 0.889. The van der Waals surface area contributed by atoms with Crippen molar-refractivity contribution in [2.45, 2.75) is 40.0 Å². The molecule has 0 N–H and O–H groups in total. The molecule has 0 bridgehead atoms. The van der Waals surface area contributed by atoms with Gasteiger partial charge in [0, 0.05) is 0 Å². The zero-order valence-electron chi connectivity index (χ0n) is 7.86. The van der Waals surface area contributed by atoms with Gasteiger partial charge in [0.15, 0.2) is 0 Å². The molecule has 1 fully saturated rings. The molecule has 0 aliphatic heterocycles. The fourth-order valence-corrected chi connectivity index (χ4v) is 1.56. The second-order valence-corrected chi connectivity index (χ2v) is 4.14. The zero-order chi connectivity index (χ0) is 6.91. The van der Waals surface area contributed by atoms with Crippen LogP contribution in [0.3, 0.4) is 0 Å². The number of hydrogen-bond donors (Lipinski definition) is 0. The molecule has 1 aliphatic carbocycles. The normalized spacial score (nSPS) is 23.7. The van der Waals surface area contributed by atoms with Gasteiger partial charge in [0.2, 0.25) is 0 Å². The summed E-state index contributed by atoms with van der Waals surface area (Å²) in [5.74, 6) is 0.887. The van der Waals surface area contributed by atoms with Crippen LogP contribution in [0.2, 0.25) is 0 Å². The van der Waals surface area contributed by atoms with Crippen LogP contribution < -0.4 is 17.0 Å². The molecule has 0 aromatic carbocycles. The second kappa shape index (κ2) is 5.82. The van der Waals surface area contributed by atoms with Crippen LogP contribution in [0.5, 0.6) is 0 Å². The van der Waals surface area contributed by atoms with Gasteiger partial charge < -0.3 is 23.4 Å². The Kier molecular flexibility index (Phi) is 7.80. The summed E-state index contributed by atoms with van der Waals surface area (Å²) < 4.78 is 0. The minimum atomic E-state index is 0. The van der Waals surface area contributed by atoms with Gasteiger partial charge in [0.05, 0.1) is 0 Å². The zero-order valence-corrected chi connectivity index (χ0v) is 10.9. The van der Waals surface area contributed by atoms with Crippen LogP contribution in [0.25, 0.3) is 0 Å². The molecule has 0 heterocycles. The monoisotopic (exact) mass is 228 g/mol. The van der Waals surface area contributed by atoms with Crippen LogP contribution in [-0.2, 0) is 0 Å². The van der Waals surface area contributed by atoms with Crippen LogP contribution in [0.1, 0.15) is 40.0 Å². The third kappa shape index (κ3) is 4.74. The standard InChI is InChI=1S/C9H17.BrH.Mg/c1-9(2,3)8-6-4-5-7-8;;/h6,8H,4-5,7H2,1-3H3;1H;/q-1;;+2/p-1. The molecule has 1 aliphatic rings. The summed E-state index contributed by atoms with van der Waals surface area (Å²) in [6, 6.07) is 0. The van der Waals surface area contributed by atoms with Crippen LogP contribution in [0, 0.1) is 17.8 Å². The average molecular weight is 229 g/mol. The molecule has 0 aromatic heterocycles. The summed E-state index contributed by atoms with van der Waals surface area (Å²) in [6.07, 6.45) is 6.67. The smallest absolute Gasteiger partial charge is 1.00 e. The molecule has 1 atom stereocenters. The van der Waals surface area contributed by atoms with E-state index in [1.54, 1.807) is 0 Å². The first-order valence-electron chi connectivity index (χ1n) is 3.94. The van der Waals surface area contributed by atoms with Crippen molar-refractivity contribution < 1.29 is 17.0 Å². The average Bonchev–Trinajstić information content (AvgIpc) is 2.08. The quantitative estimate of drug-likeness (QED) is 0.394.